The molecule has 1 heterocycles. The van der Waals surface area contributed by atoms with Crippen molar-refractivity contribution in [1.29, 1.82) is 0 Å². The van der Waals surface area contributed by atoms with Crippen molar-refractivity contribution in [3.63, 3.8) is 0 Å². The molecule has 1 fully saturated rings. The van der Waals surface area contributed by atoms with E-state index in [0.717, 1.165) is 0 Å². The lowest BCUT2D eigenvalue weighted by molar-refractivity contribution is -0.0234. The summed E-state index contributed by atoms with van der Waals surface area (Å²) in [6.45, 7) is 7.45. The lowest BCUT2D eigenvalue weighted by Gasteiger charge is -2.40. The molecule has 1 aliphatic rings. The van der Waals surface area contributed by atoms with E-state index in [1.54, 1.807) is 4.90 Å². The van der Waals surface area contributed by atoms with Gasteiger partial charge in [0.1, 0.15) is 17.8 Å². The highest BCUT2D eigenvalue weighted by Gasteiger charge is 2.38. The highest BCUT2D eigenvalue weighted by atomic mass is 16.6. The van der Waals surface area contributed by atoms with Crippen LogP contribution in [0.2, 0.25) is 0 Å². The third kappa shape index (κ3) is 4.73. The van der Waals surface area contributed by atoms with E-state index in [0.29, 0.717) is 19.4 Å². The number of likely N-dealkylation sites (tertiary alicyclic amines) is 1. The molecular formula is C14H23NO4. The standard InChI is InChI=1S/C14H23NO4/c1-11-10-14(18,6-5-9-16)7-8-15(11)12(17)19-13(2,3)4/h11,16,18H,7-10H2,1-4H3/t11-,14?/m1/s1. The molecule has 0 aromatic carbocycles. The van der Waals surface area contributed by atoms with Crippen LogP contribution in [0.3, 0.4) is 0 Å². The van der Waals surface area contributed by atoms with Crippen LogP contribution in [-0.2, 0) is 4.74 Å². The van der Waals surface area contributed by atoms with Gasteiger partial charge in [-0.15, -0.1) is 0 Å². The zero-order chi connectivity index (χ0) is 14.7. The maximum absolute atomic E-state index is 12.0. The minimum absolute atomic E-state index is 0.151. The second-order valence-corrected chi connectivity index (χ2v) is 5.97. The summed E-state index contributed by atoms with van der Waals surface area (Å²) in [7, 11) is 0. The number of ether oxygens (including phenoxy) is 1. The number of rotatable bonds is 0. The number of aliphatic hydroxyl groups is 2. The van der Waals surface area contributed by atoms with E-state index < -0.39 is 11.2 Å². The Bertz CT molecular complexity index is 390. The maximum atomic E-state index is 12.0. The first-order valence-electron chi connectivity index (χ1n) is 6.50. The van der Waals surface area contributed by atoms with Crippen LogP contribution in [0.1, 0.15) is 40.5 Å². The Labute approximate surface area is 114 Å². The van der Waals surface area contributed by atoms with Gasteiger partial charge in [0, 0.05) is 25.4 Å². The van der Waals surface area contributed by atoms with E-state index in [-0.39, 0.29) is 18.7 Å². The number of piperidine rings is 1. The molecule has 0 radical (unpaired) electrons. The van der Waals surface area contributed by atoms with E-state index in [2.05, 4.69) is 11.8 Å². The van der Waals surface area contributed by atoms with Gasteiger partial charge < -0.3 is 19.8 Å². The molecule has 0 spiro atoms. The number of amides is 1. The molecule has 5 heteroatoms. The number of nitrogens with zero attached hydrogens (tertiary/aromatic N) is 1. The van der Waals surface area contributed by atoms with Crippen LogP contribution in [0.5, 0.6) is 0 Å². The fourth-order valence-electron chi connectivity index (χ4n) is 2.14. The molecule has 1 saturated heterocycles. The number of aliphatic hydroxyl groups excluding tert-OH is 1. The summed E-state index contributed by atoms with van der Waals surface area (Å²) in [6.07, 6.45) is 0.361. The van der Waals surface area contributed by atoms with Crippen LogP contribution in [0.15, 0.2) is 0 Å². The van der Waals surface area contributed by atoms with Gasteiger partial charge in [-0.05, 0) is 27.7 Å². The highest BCUT2D eigenvalue weighted by molar-refractivity contribution is 5.68. The fourth-order valence-corrected chi connectivity index (χ4v) is 2.14. The lowest BCUT2D eigenvalue weighted by Crippen LogP contribution is -2.52. The first kappa shape index (κ1) is 15.8. The predicted octanol–water partition coefficient (Wildman–Crippen LogP) is 1.13. The van der Waals surface area contributed by atoms with Crippen molar-refractivity contribution in [2.24, 2.45) is 0 Å². The van der Waals surface area contributed by atoms with Gasteiger partial charge in [-0.25, -0.2) is 4.79 Å². The summed E-state index contributed by atoms with van der Waals surface area (Å²) in [5.41, 5.74) is -1.65. The average molecular weight is 269 g/mol. The zero-order valence-electron chi connectivity index (χ0n) is 12.1. The van der Waals surface area contributed by atoms with Gasteiger partial charge in [-0.2, -0.15) is 0 Å². The summed E-state index contributed by atoms with van der Waals surface area (Å²) >= 11 is 0. The Morgan fingerprint density at radius 3 is 2.63 bits per heavy atom. The molecule has 2 atom stereocenters. The van der Waals surface area contributed by atoms with Crippen molar-refractivity contribution >= 4 is 6.09 Å². The van der Waals surface area contributed by atoms with E-state index in [4.69, 9.17) is 9.84 Å². The molecule has 0 aliphatic carbocycles. The van der Waals surface area contributed by atoms with E-state index in [9.17, 15) is 9.90 Å². The molecule has 0 aromatic heterocycles. The van der Waals surface area contributed by atoms with Gasteiger partial charge in [-0.1, -0.05) is 11.8 Å². The molecule has 2 N–H and O–H groups in total. The van der Waals surface area contributed by atoms with Crippen molar-refractivity contribution in [3.8, 4) is 11.8 Å². The van der Waals surface area contributed by atoms with Crippen LogP contribution >= 0.6 is 0 Å². The molecule has 0 aromatic rings. The summed E-state index contributed by atoms with van der Waals surface area (Å²) in [6, 6.07) is -0.151. The zero-order valence-corrected chi connectivity index (χ0v) is 12.1. The monoisotopic (exact) mass is 269 g/mol. The third-order valence-corrected chi connectivity index (χ3v) is 2.96. The van der Waals surface area contributed by atoms with Crippen molar-refractivity contribution in [3.05, 3.63) is 0 Å². The van der Waals surface area contributed by atoms with Crippen molar-refractivity contribution in [2.45, 2.75) is 57.8 Å². The Kier molecular flexibility index (Phi) is 4.83. The fraction of sp³-hybridized carbons (Fsp3) is 0.786. The van der Waals surface area contributed by atoms with E-state index in [1.807, 2.05) is 27.7 Å². The maximum Gasteiger partial charge on any atom is 0.410 e. The molecule has 1 amide bonds. The smallest absolute Gasteiger partial charge is 0.410 e. The molecular weight excluding hydrogens is 246 g/mol. The van der Waals surface area contributed by atoms with Gasteiger partial charge >= 0.3 is 6.09 Å². The number of hydrogen-bond acceptors (Lipinski definition) is 4. The first-order valence-corrected chi connectivity index (χ1v) is 6.50. The summed E-state index contributed by atoms with van der Waals surface area (Å²) < 4.78 is 5.33. The minimum atomic E-state index is -1.12. The van der Waals surface area contributed by atoms with Crippen molar-refractivity contribution in [1.82, 2.24) is 4.90 Å². The van der Waals surface area contributed by atoms with Crippen molar-refractivity contribution < 1.29 is 19.7 Å². The van der Waals surface area contributed by atoms with Gasteiger partial charge in [0.25, 0.3) is 0 Å². The number of hydrogen-bond donors (Lipinski definition) is 2. The number of carbonyl (C=O) groups excluding carboxylic acids is 1. The Hall–Kier alpha value is -1.25. The average Bonchev–Trinajstić information content (AvgIpc) is 2.23. The molecule has 0 bridgehead atoms. The van der Waals surface area contributed by atoms with Crippen LogP contribution in [0.25, 0.3) is 0 Å². The minimum Gasteiger partial charge on any atom is -0.444 e. The van der Waals surface area contributed by atoms with Gasteiger partial charge in [0.05, 0.1) is 0 Å². The van der Waals surface area contributed by atoms with Crippen LogP contribution in [0.4, 0.5) is 4.79 Å². The van der Waals surface area contributed by atoms with Crippen LogP contribution in [-0.4, -0.2) is 51.6 Å². The van der Waals surface area contributed by atoms with E-state index >= 15 is 0 Å². The molecule has 1 aliphatic heterocycles. The first-order chi connectivity index (χ1) is 8.67. The molecule has 108 valence electrons. The highest BCUT2D eigenvalue weighted by Crippen LogP contribution is 2.27. The lowest BCUT2D eigenvalue weighted by atomic mass is 9.88. The normalized spacial score (nSPS) is 27.5. The summed E-state index contributed by atoms with van der Waals surface area (Å²) in [4.78, 5) is 13.6. The van der Waals surface area contributed by atoms with Gasteiger partial charge in [-0.3, -0.25) is 0 Å². The summed E-state index contributed by atoms with van der Waals surface area (Å²) in [5, 5.41) is 18.9. The van der Waals surface area contributed by atoms with Gasteiger partial charge in [0.15, 0.2) is 0 Å². The molecule has 5 nitrogen and oxygen atoms in total. The Balaban J connectivity index is 2.67. The van der Waals surface area contributed by atoms with E-state index in [1.165, 1.54) is 0 Å². The largest absolute Gasteiger partial charge is 0.444 e. The Morgan fingerprint density at radius 1 is 1.53 bits per heavy atom. The molecule has 1 unspecified atom stereocenters. The molecule has 1 rings (SSSR count). The molecule has 19 heavy (non-hydrogen) atoms. The predicted molar refractivity (Wildman–Crippen MR) is 71.4 cm³/mol. The number of carbonyl (C=O) groups is 1. The quantitative estimate of drug-likeness (QED) is 0.647. The topological polar surface area (TPSA) is 70.0 Å². The second kappa shape index (κ2) is 5.81. The second-order valence-electron chi connectivity index (χ2n) is 5.97. The molecule has 0 saturated carbocycles. The Morgan fingerprint density at radius 2 is 2.16 bits per heavy atom. The third-order valence-electron chi connectivity index (χ3n) is 2.96. The van der Waals surface area contributed by atoms with Crippen molar-refractivity contribution in [2.75, 3.05) is 13.2 Å². The summed E-state index contributed by atoms with van der Waals surface area (Å²) in [5.74, 6) is 5.14. The van der Waals surface area contributed by atoms with Crippen LogP contribution < -0.4 is 0 Å². The van der Waals surface area contributed by atoms with Crippen LogP contribution in [0, 0.1) is 11.8 Å². The van der Waals surface area contributed by atoms with Gasteiger partial charge in [0.2, 0.25) is 0 Å². The SMILES string of the molecule is C[C@@H]1CC(O)(C#CCO)CCN1C(=O)OC(C)(C)C.